The van der Waals surface area contributed by atoms with Crippen molar-refractivity contribution in [1.29, 1.82) is 0 Å². The summed E-state index contributed by atoms with van der Waals surface area (Å²) in [5.41, 5.74) is 4.54. The van der Waals surface area contributed by atoms with Crippen LogP contribution in [0.4, 0.5) is 17.5 Å². The summed E-state index contributed by atoms with van der Waals surface area (Å²) in [5, 5.41) is 6.90. The molecule has 0 radical (unpaired) electrons. The molecule has 116 valence electrons. The highest BCUT2D eigenvalue weighted by Gasteiger charge is 2.15. The summed E-state index contributed by atoms with van der Waals surface area (Å²) in [6, 6.07) is 8.82. The molecule has 1 aliphatic rings. The Kier molecular flexibility index (Phi) is 4.27. The molecule has 1 heterocycles. The molecule has 0 aliphatic heterocycles. The number of rotatable bonds is 4. The van der Waals surface area contributed by atoms with Crippen LogP contribution in [0.5, 0.6) is 0 Å². The molecule has 4 nitrogen and oxygen atoms in total. The first-order valence-corrected chi connectivity index (χ1v) is 8.07. The molecule has 0 bridgehead atoms. The molecule has 3 rings (SSSR count). The van der Waals surface area contributed by atoms with Crippen LogP contribution >= 0.6 is 0 Å². The fourth-order valence-electron chi connectivity index (χ4n) is 2.98. The van der Waals surface area contributed by atoms with E-state index in [9.17, 15) is 0 Å². The number of anilines is 3. The average molecular weight is 296 g/mol. The van der Waals surface area contributed by atoms with E-state index in [1.54, 1.807) is 0 Å². The van der Waals surface area contributed by atoms with Crippen molar-refractivity contribution >= 4 is 17.5 Å². The van der Waals surface area contributed by atoms with E-state index in [2.05, 4.69) is 52.6 Å². The highest BCUT2D eigenvalue weighted by atomic mass is 15.2. The third-order valence-electron chi connectivity index (χ3n) is 4.41. The SMILES string of the molecule is Cc1cc(NC2CCCC2)nc(Nc2cccc(C)c2C)n1. The molecule has 2 aromatic rings. The van der Waals surface area contributed by atoms with Gasteiger partial charge in [-0.05, 0) is 50.8 Å². The number of aryl methyl sites for hydroxylation is 2. The van der Waals surface area contributed by atoms with Gasteiger partial charge in [0.25, 0.3) is 0 Å². The van der Waals surface area contributed by atoms with Crippen molar-refractivity contribution in [3.63, 3.8) is 0 Å². The Morgan fingerprint density at radius 2 is 1.82 bits per heavy atom. The van der Waals surface area contributed by atoms with Crippen LogP contribution in [0.25, 0.3) is 0 Å². The predicted octanol–water partition coefficient (Wildman–Crippen LogP) is 4.50. The van der Waals surface area contributed by atoms with Crippen molar-refractivity contribution in [3.05, 3.63) is 41.1 Å². The largest absolute Gasteiger partial charge is 0.367 e. The summed E-state index contributed by atoms with van der Waals surface area (Å²) >= 11 is 0. The van der Waals surface area contributed by atoms with E-state index in [1.807, 2.05) is 13.0 Å². The van der Waals surface area contributed by atoms with E-state index in [4.69, 9.17) is 0 Å². The number of hydrogen-bond acceptors (Lipinski definition) is 4. The van der Waals surface area contributed by atoms with Crippen molar-refractivity contribution in [1.82, 2.24) is 9.97 Å². The zero-order valence-corrected chi connectivity index (χ0v) is 13.6. The number of nitrogens with zero attached hydrogens (tertiary/aromatic N) is 2. The van der Waals surface area contributed by atoms with Gasteiger partial charge in [0.15, 0.2) is 0 Å². The second-order valence-electron chi connectivity index (χ2n) is 6.22. The van der Waals surface area contributed by atoms with Crippen LogP contribution in [0, 0.1) is 20.8 Å². The maximum atomic E-state index is 4.63. The van der Waals surface area contributed by atoms with Crippen LogP contribution in [-0.4, -0.2) is 16.0 Å². The molecular formula is C18H24N4. The lowest BCUT2D eigenvalue weighted by atomic mass is 10.1. The van der Waals surface area contributed by atoms with Crippen molar-refractivity contribution < 1.29 is 0 Å². The molecule has 0 spiro atoms. The van der Waals surface area contributed by atoms with E-state index in [0.29, 0.717) is 12.0 Å². The standard InChI is InChI=1S/C18H24N4/c1-12-7-6-10-16(14(12)3)21-18-19-13(2)11-17(22-18)20-15-8-4-5-9-15/h6-7,10-11,15H,4-5,8-9H2,1-3H3,(H2,19,20,21,22). The maximum absolute atomic E-state index is 4.63. The van der Waals surface area contributed by atoms with Gasteiger partial charge in [-0.25, -0.2) is 4.98 Å². The van der Waals surface area contributed by atoms with Gasteiger partial charge >= 0.3 is 0 Å². The van der Waals surface area contributed by atoms with E-state index in [0.717, 1.165) is 17.2 Å². The summed E-state index contributed by atoms with van der Waals surface area (Å²) in [6.45, 7) is 6.24. The van der Waals surface area contributed by atoms with Gasteiger partial charge in [-0.1, -0.05) is 25.0 Å². The van der Waals surface area contributed by atoms with Crippen LogP contribution in [-0.2, 0) is 0 Å². The van der Waals surface area contributed by atoms with Crippen molar-refractivity contribution in [3.8, 4) is 0 Å². The number of nitrogens with one attached hydrogen (secondary N) is 2. The molecule has 1 aromatic heterocycles. The van der Waals surface area contributed by atoms with Crippen LogP contribution in [0.15, 0.2) is 24.3 Å². The van der Waals surface area contributed by atoms with Crippen molar-refractivity contribution in [2.75, 3.05) is 10.6 Å². The van der Waals surface area contributed by atoms with Crippen LogP contribution in [0.3, 0.4) is 0 Å². The molecule has 0 atom stereocenters. The Balaban J connectivity index is 1.81. The van der Waals surface area contributed by atoms with E-state index >= 15 is 0 Å². The van der Waals surface area contributed by atoms with Gasteiger partial charge in [-0.3, -0.25) is 0 Å². The summed E-state index contributed by atoms with van der Waals surface area (Å²) in [6.07, 6.45) is 5.11. The first kappa shape index (κ1) is 14.8. The minimum absolute atomic E-state index is 0.558. The van der Waals surface area contributed by atoms with Gasteiger partial charge in [0.2, 0.25) is 5.95 Å². The predicted molar refractivity (Wildman–Crippen MR) is 91.8 cm³/mol. The van der Waals surface area contributed by atoms with Gasteiger partial charge in [0.1, 0.15) is 5.82 Å². The lowest BCUT2D eigenvalue weighted by molar-refractivity contribution is 0.749. The number of benzene rings is 1. The Morgan fingerprint density at radius 3 is 2.59 bits per heavy atom. The second-order valence-corrected chi connectivity index (χ2v) is 6.22. The minimum atomic E-state index is 0.558. The molecule has 0 amide bonds. The van der Waals surface area contributed by atoms with E-state index < -0.39 is 0 Å². The monoisotopic (exact) mass is 296 g/mol. The third-order valence-corrected chi connectivity index (χ3v) is 4.41. The molecule has 1 fully saturated rings. The zero-order chi connectivity index (χ0) is 15.5. The van der Waals surface area contributed by atoms with Gasteiger partial charge in [-0.15, -0.1) is 0 Å². The minimum Gasteiger partial charge on any atom is -0.367 e. The molecular weight excluding hydrogens is 272 g/mol. The lowest BCUT2D eigenvalue weighted by Crippen LogP contribution is -2.16. The summed E-state index contributed by atoms with van der Waals surface area (Å²) in [4.78, 5) is 9.14. The molecule has 0 saturated heterocycles. The number of hydrogen-bond donors (Lipinski definition) is 2. The van der Waals surface area contributed by atoms with Crippen LogP contribution in [0.2, 0.25) is 0 Å². The smallest absolute Gasteiger partial charge is 0.229 e. The normalized spacial score (nSPS) is 15.0. The number of aromatic nitrogens is 2. The molecule has 4 heteroatoms. The molecule has 1 saturated carbocycles. The average Bonchev–Trinajstić information content (AvgIpc) is 2.96. The summed E-state index contributed by atoms with van der Waals surface area (Å²) < 4.78 is 0. The first-order valence-electron chi connectivity index (χ1n) is 8.07. The Morgan fingerprint density at radius 1 is 1.05 bits per heavy atom. The van der Waals surface area contributed by atoms with Gasteiger partial charge in [0, 0.05) is 23.5 Å². The van der Waals surface area contributed by atoms with Gasteiger partial charge in [-0.2, -0.15) is 4.98 Å². The maximum Gasteiger partial charge on any atom is 0.229 e. The fourth-order valence-corrected chi connectivity index (χ4v) is 2.98. The molecule has 2 N–H and O–H groups in total. The highest BCUT2D eigenvalue weighted by Crippen LogP contribution is 2.24. The molecule has 1 aliphatic carbocycles. The van der Waals surface area contributed by atoms with Crippen LogP contribution in [0.1, 0.15) is 42.5 Å². The third kappa shape index (κ3) is 3.38. The fraction of sp³-hybridized carbons (Fsp3) is 0.444. The Bertz CT molecular complexity index is 660. The molecule has 0 unspecified atom stereocenters. The van der Waals surface area contributed by atoms with Crippen molar-refractivity contribution in [2.45, 2.75) is 52.5 Å². The Hall–Kier alpha value is -2.10. The van der Waals surface area contributed by atoms with Gasteiger partial charge in [0.05, 0.1) is 0 Å². The molecule has 22 heavy (non-hydrogen) atoms. The first-order chi connectivity index (χ1) is 10.6. The zero-order valence-electron chi connectivity index (χ0n) is 13.6. The highest BCUT2D eigenvalue weighted by molar-refractivity contribution is 5.61. The van der Waals surface area contributed by atoms with E-state index in [1.165, 1.54) is 36.8 Å². The molecule has 1 aromatic carbocycles. The lowest BCUT2D eigenvalue weighted by Gasteiger charge is -2.15. The topological polar surface area (TPSA) is 49.8 Å². The van der Waals surface area contributed by atoms with E-state index in [-0.39, 0.29) is 0 Å². The van der Waals surface area contributed by atoms with Crippen LogP contribution < -0.4 is 10.6 Å². The van der Waals surface area contributed by atoms with Gasteiger partial charge < -0.3 is 10.6 Å². The summed E-state index contributed by atoms with van der Waals surface area (Å²) in [7, 11) is 0. The van der Waals surface area contributed by atoms with Crippen molar-refractivity contribution in [2.24, 2.45) is 0 Å². The summed E-state index contributed by atoms with van der Waals surface area (Å²) in [5.74, 6) is 1.58. The second kappa shape index (κ2) is 6.34. The Labute approximate surface area is 132 Å². The quantitative estimate of drug-likeness (QED) is 0.872.